The highest BCUT2D eigenvalue weighted by atomic mass is 16.5. The van der Waals surface area contributed by atoms with E-state index in [-0.39, 0.29) is 29.7 Å². The Bertz CT molecular complexity index is 961. The van der Waals surface area contributed by atoms with E-state index in [1.165, 1.54) is 50.4 Å². The molecule has 34 heavy (non-hydrogen) atoms. The van der Waals surface area contributed by atoms with E-state index in [0.717, 1.165) is 24.5 Å². The van der Waals surface area contributed by atoms with Crippen LogP contribution in [-0.2, 0) is 14.3 Å². The maximum Gasteiger partial charge on any atom is 0.262 e. The van der Waals surface area contributed by atoms with E-state index in [1.807, 2.05) is 0 Å². The van der Waals surface area contributed by atoms with Crippen molar-refractivity contribution in [3.8, 4) is 5.75 Å². The fraction of sp³-hybridized carbons (Fsp3) is 0.583. The Kier molecular flexibility index (Phi) is 7.60. The number of phenols is 1. The number of amides is 4. The number of nitrogens with one attached hydrogen (secondary N) is 2. The number of benzene rings is 1. The topological polar surface area (TPSA) is 128 Å². The predicted molar refractivity (Wildman–Crippen MR) is 122 cm³/mol. The van der Waals surface area contributed by atoms with Crippen molar-refractivity contribution in [1.82, 2.24) is 20.4 Å². The third-order valence-corrected chi connectivity index (χ3v) is 6.68. The van der Waals surface area contributed by atoms with Crippen molar-refractivity contribution in [1.29, 1.82) is 0 Å². The molecule has 4 amide bonds. The summed E-state index contributed by atoms with van der Waals surface area (Å²) in [6.45, 7) is 4.64. The molecule has 10 nitrogen and oxygen atoms in total. The normalized spacial score (nSPS) is 26.1. The summed E-state index contributed by atoms with van der Waals surface area (Å²) in [4.78, 5) is 50.5. The molecule has 4 aliphatic heterocycles. The van der Waals surface area contributed by atoms with Gasteiger partial charge in [-0.2, -0.15) is 0 Å². The smallest absolute Gasteiger partial charge is 0.262 e. The number of likely N-dealkylation sites (N-methyl/N-ethyl adjacent to an activating group) is 1. The summed E-state index contributed by atoms with van der Waals surface area (Å²) in [7, 11) is 2.19. The van der Waals surface area contributed by atoms with Crippen LogP contribution in [0.15, 0.2) is 18.2 Å². The van der Waals surface area contributed by atoms with Gasteiger partial charge in [-0.1, -0.05) is 0 Å². The Balaban J connectivity index is 0.000000172. The van der Waals surface area contributed by atoms with Gasteiger partial charge in [-0.15, -0.1) is 0 Å². The zero-order valence-corrected chi connectivity index (χ0v) is 19.4. The Labute approximate surface area is 198 Å². The lowest BCUT2D eigenvalue weighted by Crippen LogP contribution is -2.54. The van der Waals surface area contributed by atoms with Crippen LogP contribution >= 0.6 is 0 Å². The molecule has 0 spiro atoms. The van der Waals surface area contributed by atoms with Crippen LogP contribution in [0.4, 0.5) is 0 Å². The first-order chi connectivity index (χ1) is 16.3. The SMILES string of the molecule is CN1CCCC(OC2CCNCC2)C1.O=C1CCC(N2C(=O)c3ccc(O)cc3C2=O)C(=O)N1. The number of carbonyl (C=O) groups excluding carboxylic acids is 4. The fourth-order valence-electron chi connectivity index (χ4n) is 4.89. The molecule has 3 N–H and O–H groups in total. The second kappa shape index (κ2) is 10.6. The first-order valence-electron chi connectivity index (χ1n) is 11.9. The van der Waals surface area contributed by atoms with Gasteiger partial charge >= 0.3 is 0 Å². The molecule has 3 saturated heterocycles. The average Bonchev–Trinajstić information content (AvgIpc) is 3.05. The lowest BCUT2D eigenvalue weighted by molar-refractivity contribution is -0.136. The number of phenolic OH excluding ortho intramolecular Hbond substituents is 1. The van der Waals surface area contributed by atoms with Crippen molar-refractivity contribution in [2.45, 2.75) is 56.8 Å². The number of carbonyl (C=O) groups is 4. The van der Waals surface area contributed by atoms with Gasteiger partial charge in [-0.05, 0) is 77.0 Å². The molecule has 2 atom stereocenters. The van der Waals surface area contributed by atoms with Crippen LogP contribution in [0.5, 0.6) is 5.75 Å². The van der Waals surface area contributed by atoms with E-state index in [1.54, 1.807) is 0 Å². The maximum absolute atomic E-state index is 12.2. The van der Waals surface area contributed by atoms with E-state index in [9.17, 15) is 24.3 Å². The van der Waals surface area contributed by atoms with Gasteiger partial charge in [-0.3, -0.25) is 29.4 Å². The lowest BCUT2D eigenvalue weighted by Gasteiger charge is -2.33. The monoisotopic (exact) mass is 472 g/mol. The molecule has 184 valence electrons. The standard InChI is InChI=1S/C13H10N2O5.C11H22N2O/c16-6-1-2-7-8(5-6)13(20)15(12(7)19)9-3-4-10(17)14-11(9)18;1-13-8-2-3-11(9-13)14-10-4-6-12-7-5-10/h1-2,5,9,16H,3-4H2,(H,14,17,18);10-12H,2-9H2,1H3. The largest absolute Gasteiger partial charge is 0.508 e. The molecular formula is C24H32N4O6. The number of fused-ring (bicyclic) bond motifs is 1. The predicted octanol–water partition coefficient (Wildman–Crippen LogP) is 0.643. The summed E-state index contributed by atoms with van der Waals surface area (Å²) in [5, 5.41) is 14.9. The van der Waals surface area contributed by atoms with Crippen molar-refractivity contribution in [3.63, 3.8) is 0 Å². The number of ether oxygens (including phenoxy) is 1. The number of hydrogen-bond acceptors (Lipinski definition) is 8. The van der Waals surface area contributed by atoms with Gasteiger partial charge in [0.15, 0.2) is 0 Å². The quantitative estimate of drug-likeness (QED) is 0.547. The summed E-state index contributed by atoms with van der Waals surface area (Å²) in [5.41, 5.74) is 0.220. The third kappa shape index (κ3) is 5.45. The van der Waals surface area contributed by atoms with Crippen LogP contribution in [0.3, 0.4) is 0 Å². The minimum atomic E-state index is -0.984. The molecule has 0 bridgehead atoms. The van der Waals surface area contributed by atoms with Crippen molar-refractivity contribution in [2.75, 3.05) is 33.2 Å². The Morgan fingerprint density at radius 1 is 0.971 bits per heavy atom. The van der Waals surface area contributed by atoms with E-state index >= 15 is 0 Å². The minimum Gasteiger partial charge on any atom is -0.508 e. The fourth-order valence-corrected chi connectivity index (χ4v) is 4.89. The Morgan fingerprint density at radius 2 is 1.71 bits per heavy atom. The van der Waals surface area contributed by atoms with E-state index in [4.69, 9.17) is 4.74 Å². The van der Waals surface area contributed by atoms with Crippen molar-refractivity contribution in [3.05, 3.63) is 29.3 Å². The molecule has 0 radical (unpaired) electrons. The molecule has 2 unspecified atom stereocenters. The summed E-state index contributed by atoms with van der Waals surface area (Å²) >= 11 is 0. The number of nitrogens with zero attached hydrogens (tertiary/aromatic N) is 2. The molecule has 5 rings (SSSR count). The molecule has 0 aromatic heterocycles. The van der Waals surface area contributed by atoms with Gasteiger partial charge in [0, 0.05) is 13.0 Å². The minimum absolute atomic E-state index is 0.0692. The van der Waals surface area contributed by atoms with Crippen molar-refractivity contribution < 1.29 is 29.0 Å². The number of aromatic hydroxyl groups is 1. The number of piperidine rings is 3. The number of likely N-dealkylation sites (tertiary alicyclic amines) is 1. The highest BCUT2D eigenvalue weighted by Gasteiger charge is 2.44. The van der Waals surface area contributed by atoms with Gasteiger partial charge in [0.1, 0.15) is 11.8 Å². The summed E-state index contributed by atoms with van der Waals surface area (Å²) in [5.74, 6) is -2.41. The van der Waals surface area contributed by atoms with Crippen LogP contribution < -0.4 is 10.6 Å². The highest BCUT2D eigenvalue weighted by Crippen LogP contribution is 2.29. The number of hydrogen-bond donors (Lipinski definition) is 3. The molecular weight excluding hydrogens is 440 g/mol. The molecule has 4 heterocycles. The van der Waals surface area contributed by atoms with Crippen molar-refractivity contribution in [2.24, 2.45) is 0 Å². The zero-order valence-electron chi connectivity index (χ0n) is 19.4. The van der Waals surface area contributed by atoms with Crippen LogP contribution in [0.2, 0.25) is 0 Å². The van der Waals surface area contributed by atoms with Crippen LogP contribution in [0.1, 0.15) is 59.2 Å². The van der Waals surface area contributed by atoms with E-state index < -0.39 is 29.7 Å². The lowest BCUT2D eigenvalue weighted by atomic mass is 10.0. The Hall–Kier alpha value is -2.82. The molecule has 10 heteroatoms. The van der Waals surface area contributed by atoms with Crippen LogP contribution in [-0.4, -0.2) is 90.0 Å². The first kappa shape index (κ1) is 24.3. The third-order valence-electron chi connectivity index (χ3n) is 6.68. The van der Waals surface area contributed by atoms with Gasteiger partial charge in [-0.25, -0.2) is 0 Å². The molecule has 1 aromatic rings. The molecule has 1 aromatic carbocycles. The summed E-state index contributed by atoms with van der Waals surface area (Å²) < 4.78 is 6.12. The summed E-state index contributed by atoms with van der Waals surface area (Å²) in [6, 6.07) is 2.86. The van der Waals surface area contributed by atoms with E-state index in [2.05, 4.69) is 22.6 Å². The van der Waals surface area contributed by atoms with Gasteiger partial charge < -0.3 is 20.1 Å². The first-order valence-corrected chi connectivity index (χ1v) is 11.9. The Morgan fingerprint density at radius 3 is 2.41 bits per heavy atom. The van der Waals surface area contributed by atoms with Crippen LogP contribution in [0, 0.1) is 0 Å². The van der Waals surface area contributed by atoms with Crippen LogP contribution in [0.25, 0.3) is 0 Å². The highest BCUT2D eigenvalue weighted by molar-refractivity contribution is 6.23. The second-order valence-corrected chi connectivity index (χ2v) is 9.29. The molecule has 3 fully saturated rings. The maximum atomic E-state index is 12.2. The second-order valence-electron chi connectivity index (χ2n) is 9.29. The van der Waals surface area contributed by atoms with Gasteiger partial charge in [0.25, 0.3) is 11.8 Å². The zero-order chi connectivity index (χ0) is 24.2. The number of rotatable bonds is 3. The molecule has 4 aliphatic rings. The molecule has 0 aliphatic carbocycles. The van der Waals surface area contributed by atoms with Gasteiger partial charge in [0.05, 0.1) is 23.3 Å². The summed E-state index contributed by atoms with van der Waals surface area (Å²) in [6.07, 6.45) is 6.16. The van der Waals surface area contributed by atoms with Crippen molar-refractivity contribution >= 4 is 23.6 Å². The average molecular weight is 473 g/mol. The number of imide groups is 2. The van der Waals surface area contributed by atoms with Gasteiger partial charge in [0.2, 0.25) is 11.8 Å². The molecule has 0 saturated carbocycles. The van der Waals surface area contributed by atoms with E-state index in [0.29, 0.717) is 12.2 Å².